The lowest BCUT2D eigenvalue weighted by Crippen LogP contribution is -2.11. The standard InChI is InChI=1S/C18H34O4/c1-2-3-4-5-6-7-10-13-16(19)14-11-8-9-12-15-17(20)18(21)22/h16,19H,2-15H2,1H3,(H,21,22). The highest BCUT2D eigenvalue weighted by atomic mass is 16.4. The molecule has 0 spiro atoms. The molecule has 4 nitrogen and oxygen atoms in total. The van der Waals surface area contributed by atoms with Gasteiger partial charge >= 0.3 is 5.97 Å². The number of unbranched alkanes of at least 4 members (excludes halogenated alkanes) is 9. The average Bonchev–Trinajstić information content (AvgIpc) is 2.49. The van der Waals surface area contributed by atoms with Gasteiger partial charge < -0.3 is 10.2 Å². The topological polar surface area (TPSA) is 74.6 Å². The van der Waals surface area contributed by atoms with E-state index in [1.807, 2.05) is 0 Å². The quantitative estimate of drug-likeness (QED) is 0.325. The highest BCUT2D eigenvalue weighted by Gasteiger charge is 2.10. The van der Waals surface area contributed by atoms with Gasteiger partial charge in [-0.1, -0.05) is 71.1 Å². The number of aliphatic carboxylic acids is 1. The number of aliphatic hydroxyl groups excluding tert-OH is 1. The second-order valence-corrected chi connectivity index (χ2v) is 6.25. The maximum atomic E-state index is 10.9. The van der Waals surface area contributed by atoms with Crippen molar-refractivity contribution in [3.05, 3.63) is 0 Å². The van der Waals surface area contributed by atoms with E-state index < -0.39 is 11.8 Å². The van der Waals surface area contributed by atoms with Gasteiger partial charge in [0.15, 0.2) is 0 Å². The largest absolute Gasteiger partial charge is 0.476 e. The van der Waals surface area contributed by atoms with E-state index in [9.17, 15) is 14.7 Å². The Labute approximate surface area is 135 Å². The zero-order chi connectivity index (χ0) is 16.6. The minimum atomic E-state index is -1.33. The van der Waals surface area contributed by atoms with Crippen molar-refractivity contribution in [2.24, 2.45) is 0 Å². The van der Waals surface area contributed by atoms with Gasteiger partial charge in [0, 0.05) is 6.42 Å². The van der Waals surface area contributed by atoms with Gasteiger partial charge in [0.05, 0.1) is 6.10 Å². The number of aliphatic hydroxyl groups is 1. The molecule has 0 aliphatic rings. The number of ketones is 1. The third kappa shape index (κ3) is 14.1. The lowest BCUT2D eigenvalue weighted by atomic mass is 10.0. The zero-order valence-electron chi connectivity index (χ0n) is 14.2. The number of hydrogen-bond acceptors (Lipinski definition) is 3. The second-order valence-electron chi connectivity index (χ2n) is 6.25. The molecular weight excluding hydrogens is 280 g/mol. The first-order chi connectivity index (χ1) is 10.6. The van der Waals surface area contributed by atoms with Crippen LogP contribution in [0.5, 0.6) is 0 Å². The minimum Gasteiger partial charge on any atom is -0.476 e. The van der Waals surface area contributed by atoms with Crippen LogP contribution in [-0.4, -0.2) is 28.1 Å². The monoisotopic (exact) mass is 314 g/mol. The van der Waals surface area contributed by atoms with Gasteiger partial charge in [-0.3, -0.25) is 4.79 Å². The van der Waals surface area contributed by atoms with Crippen molar-refractivity contribution in [2.45, 2.75) is 103 Å². The molecule has 0 aliphatic carbocycles. The van der Waals surface area contributed by atoms with Gasteiger partial charge in [-0.15, -0.1) is 0 Å². The SMILES string of the molecule is CCCCCCCCCC(O)CCCCCCC(=O)C(=O)O. The van der Waals surface area contributed by atoms with E-state index in [0.717, 1.165) is 38.5 Å². The molecule has 0 heterocycles. The number of carboxylic acids is 1. The van der Waals surface area contributed by atoms with E-state index >= 15 is 0 Å². The van der Waals surface area contributed by atoms with Gasteiger partial charge in [0.1, 0.15) is 0 Å². The smallest absolute Gasteiger partial charge is 0.372 e. The number of carbonyl (C=O) groups is 2. The van der Waals surface area contributed by atoms with Crippen molar-refractivity contribution in [3.8, 4) is 0 Å². The van der Waals surface area contributed by atoms with E-state index in [0.29, 0.717) is 6.42 Å². The minimum absolute atomic E-state index is 0.135. The molecule has 1 unspecified atom stereocenters. The highest BCUT2D eigenvalue weighted by molar-refractivity contribution is 6.32. The van der Waals surface area contributed by atoms with E-state index in [1.165, 1.54) is 38.5 Å². The summed E-state index contributed by atoms with van der Waals surface area (Å²) < 4.78 is 0. The molecular formula is C18H34O4. The molecule has 1 atom stereocenters. The van der Waals surface area contributed by atoms with Crippen molar-refractivity contribution in [1.29, 1.82) is 0 Å². The lowest BCUT2D eigenvalue weighted by molar-refractivity contribution is -0.149. The van der Waals surface area contributed by atoms with Crippen LogP contribution in [0.2, 0.25) is 0 Å². The summed E-state index contributed by atoms with van der Waals surface area (Å²) in [4.78, 5) is 21.2. The van der Waals surface area contributed by atoms with Crippen LogP contribution in [0, 0.1) is 0 Å². The van der Waals surface area contributed by atoms with Gasteiger partial charge in [0.25, 0.3) is 0 Å². The van der Waals surface area contributed by atoms with Crippen LogP contribution in [0.25, 0.3) is 0 Å². The van der Waals surface area contributed by atoms with E-state index in [-0.39, 0.29) is 12.5 Å². The van der Waals surface area contributed by atoms with Crippen molar-refractivity contribution in [1.82, 2.24) is 0 Å². The summed E-state index contributed by atoms with van der Waals surface area (Å²) in [5.74, 6) is -2.02. The zero-order valence-corrected chi connectivity index (χ0v) is 14.2. The average molecular weight is 314 g/mol. The van der Waals surface area contributed by atoms with Crippen molar-refractivity contribution in [3.63, 3.8) is 0 Å². The molecule has 0 aromatic carbocycles. The van der Waals surface area contributed by atoms with Gasteiger partial charge in [-0.25, -0.2) is 4.79 Å². The number of carboxylic acid groups (broad SMARTS) is 1. The molecule has 0 rings (SSSR count). The molecule has 0 radical (unpaired) electrons. The molecule has 0 saturated heterocycles. The first-order valence-electron chi connectivity index (χ1n) is 9.02. The van der Waals surface area contributed by atoms with Crippen LogP contribution in [0.15, 0.2) is 0 Å². The van der Waals surface area contributed by atoms with Gasteiger partial charge in [0.2, 0.25) is 5.78 Å². The summed E-state index contributed by atoms with van der Waals surface area (Å²) in [6.45, 7) is 2.22. The molecule has 0 aromatic heterocycles. The summed E-state index contributed by atoms with van der Waals surface area (Å²) in [6, 6.07) is 0. The van der Waals surface area contributed by atoms with Gasteiger partial charge in [-0.05, 0) is 19.3 Å². The molecule has 0 bridgehead atoms. The molecule has 22 heavy (non-hydrogen) atoms. The van der Waals surface area contributed by atoms with E-state index in [1.54, 1.807) is 0 Å². The maximum Gasteiger partial charge on any atom is 0.372 e. The third-order valence-corrected chi connectivity index (χ3v) is 4.07. The Bertz CT molecular complexity index is 289. The Morgan fingerprint density at radius 1 is 0.773 bits per heavy atom. The molecule has 0 saturated carbocycles. The fourth-order valence-corrected chi connectivity index (χ4v) is 2.61. The van der Waals surface area contributed by atoms with Gasteiger partial charge in [-0.2, -0.15) is 0 Å². The lowest BCUT2D eigenvalue weighted by Gasteiger charge is -2.10. The number of carbonyl (C=O) groups excluding carboxylic acids is 1. The predicted molar refractivity (Wildman–Crippen MR) is 89.0 cm³/mol. The predicted octanol–water partition coefficient (Wildman–Crippen LogP) is 4.48. The van der Waals surface area contributed by atoms with Crippen LogP contribution in [0.3, 0.4) is 0 Å². The van der Waals surface area contributed by atoms with Crippen LogP contribution < -0.4 is 0 Å². The Balaban J connectivity index is 3.27. The Morgan fingerprint density at radius 2 is 1.23 bits per heavy atom. The van der Waals surface area contributed by atoms with Crippen molar-refractivity contribution < 1.29 is 19.8 Å². The first kappa shape index (κ1) is 21.1. The van der Waals surface area contributed by atoms with Crippen LogP contribution in [0.1, 0.15) is 96.8 Å². The molecule has 0 amide bonds. The number of hydrogen-bond donors (Lipinski definition) is 2. The molecule has 0 aliphatic heterocycles. The van der Waals surface area contributed by atoms with Crippen LogP contribution in [0.4, 0.5) is 0 Å². The summed E-state index contributed by atoms with van der Waals surface area (Å²) in [5.41, 5.74) is 0. The van der Waals surface area contributed by atoms with E-state index in [2.05, 4.69) is 6.92 Å². The van der Waals surface area contributed by atoms with Crippen molar-refractivity contribution in [2.75, 3.05) is 0 Å². The Kier molecular flexibility index (Phi) is 14.4. The van der Waals surface area contributed by atoms with E-state index in [4.69, 9.17) is 5.11 Å². The molecule has 0 fully saturated rings. The molecule has 0 aromatic rings. The molecule has 2 N–H and O–H groups in total. The van der Waals surface area contributed by atoms with Crippen molar-refractivity contribution >= 4 is 11.8 Å². The van der Waals surface area contributed by atoms with Crippen LogP contribution in [-0.2, 0) is 9.59 Å². The van der Waals surface area contributed by atoms with Crippen LogP contribution >= 0.6 is 0 Å². The summed E-state index contributed by atoms with van der Waals surface area (Å²) >= 11 is 0. The fourth-order valence-electron chi connectivity index (χ4n) is 2.61. The summed E-state index contributed by atoms with van der Waals surface area (Å²) in [7, 11) is 0. The first-order valence-corrected chi connectivity index (χ1v) is 9.02. The Morgan fingerprint density at radius 3 is 1.73 bits per heavy atom. The summed E-state index contributed by atoms with van der Waals surface area (Å²) in [6.07, 6.45) is 14.0. The second kappa shape index (κ2) is 15.0. The Hall–Kier alpha value is -0.900. The molecule has 4 heteroatoms. The molecule has 130 valence electrons. The fraction of sp³-hybridized carbons (Fsp3) is 0.889. The number of rotatable bonds is 16. The highest BCUT2D eigenvalue weighted by Crippen LogP contribution is 2.14. The number of Topliss-reactive ketones (excluding diaryl/α,β-unsaturated/α-hetero) is 1. The summed E-state index contributed by atoms with van der Waals surface area (Å²) in [5, 5.41) is 18.3. The maximum absolute atomic E-state index is 10.9. The normalized spacial score (nSPS) is 12.3. The third-order valence-electron chi connectivity index (χ3n) is 4.07.